The standard InChI is InChI=1S/C22H23ClN2O5.C16H19Cl2NO3.C6H5NO2/c1-15(29-20(27)16-10-13-24-14-11-16)30-21(28)25(2)22(12-6-5-9-19(22)26)17-7-3-4-8-18(17)23;1-11(17)22-15(21)19(2)16(10-6-5-9-14(16)20)12-7-3-4-8-13(12)18;8-6(9)5-1-3-7-4-2-5/h3-4,7-8,10-11,13-15H,5-6,9,12H2,1-2H3;3-4,7-8,11H,5-6,9-10H2,1-2H3;1-4H,(H,8,9)/t15?,22-;11?,16-;/m00./s1. The second-order valence-electron chi connectivity index (χ2n) is 14.1. The lowest BCUT2D eigenvalue weighted by atomic mass is 9.74. The zero-order valence-electron chi connectivity index (χ0n) is 34.1. The van der Waals surface area contributed by atoms with Crippen molar-refractivity contribution in [3.05, 3.63) is 130 Å². The molecule has 61 heavy (non-hydrogen) atoms. The van der Waals surface area contributed by atoms with Crippen molar-refractivity contribution in [1.82, 2.24) is 19.8 Å². The van der Waals surface area contributed by atoms with Gasteiger partial charge in [0.2, 0.25) is 6.29 Å². The molecule has 2 fully saturated rings. The van der Waals surface area contributed by atoms with Gasteiger partial charge in [-0.2, -0.15) is 0 Å². The van der Waals surface area contributed by atoms with Gasteiger partial charge >= 0.3 is 24.1 Å². The van der Waals surface area contributed by atoms with Crippen molar-refractivity contribution < 1.29 is 48.1 Å². The summed E-state index contributed by atoms with van der Waals surface area (Å²) in [5.74, 6) is -1.68. The summed E-state index contributed by atoms with van der Waals surface area (Å²) in [6.07, 6.45) is 8.16. The fraction of sp³-hybridized carbons (Fsp3) is 0.364. The Balaban J connectivity index is 0.000000230. The van der Waals surface area contributed by atoms with Crippen LogP contribution in [0.5, 0.6) is 0 Å². The highest BCUT2D eigenvalue weighted by Gasteiger charge is 2.50. The van der Waals surface area contributed by atoms with E-state index >= 15 is 0 Å². The van der Waals surface area contributed by atoms with Gasteiger partial charge in [0.15, 0.2) is 17.1 Å². The molecular formula is C44H47Cl3N4O10. The molecule has 2 aliphatic rings. The number of carboxylic acids is 1. The Morgan fingerprint density at radius 3 is 1.43 bits per heavy atom. The van der Waals surface area contributed by atoms with Crippen molar-refractivity contribution in [2.45, 2.75) is 88.1 Å². The molecule has 17 heteroatoms. The van der Waals surface area contributed by atoms with Gasteiger partial charge in [0, 0.05) is 79.8 Å². The number of hydrogen-bond donors (Lipinski definition) is 1. The van der Waals surface area contributed by atoms with Crippen molar-refractivity contribution in [2.75, 3.05) is 14.1 Å². The van der Waals surface area contributed by atoms with Crippen LogP contribution in [0.25, 0.3) is 0 Å². The molecule has 2 saturated carbocycles. The van der Waals surface area contributed by atoms with Crippen LogP contribution >= 0.6 is 34.8 Å². The Hall–Kier alpha value is -5.57. The van der Waals surface area contributed by atoms with Gasteiger partial charge in [-0.05, 0) is 81.8 Å². The number of pyridine rings is 2. The Kier molecular flexibility index (Phi) is 17.6. The van der Waals surface area contributed by atoms with E-state index in [4.69, 9.17) is 54.1 Å². The van der Waals surface area contributed by atoms with Crippen LogP contribution in [-0.4, -0.2) is 86.5 Å². The highest BCUT2D eigenvalue weighted by Crippen LogP contribution is 2.44. The van der Waals surface area contributed by atoms with Crippen LogP contribution in [0.1, 0.15) is 97.1 Å². The normalized spacial score (nSPS) is 19.3. The molecule has 2 unspecified atom stereocenters. The van der Waals surface area contributed by atoms with Gasteiger partial charge in [-0.25, -0.2) is 19.2 Å². The molecule has 2 aromatic heterocycles. The zero-order chi connectivity index (χ0) is 44.7. The summed E-state index contributed by atoms with van der Waals surface area (Å²) in [5.41, 5.74) is -1.31. The Morgan fingerprint density at radius 2 is 1.05 bits per heavy atom. The number of benzene rings is 2. The molecule has 2 heterocycles. The van der Waals surface area contributed by atoms with Gasteiger partial charge in [-0.1, -0.05) is 71.2 Å². The van der Waals surface area contributed by atoms with E-state index in [0.717, 1.165) is 25.7 Å². The minimum absolute atomic E-state index is 0.0199. The SMILES string of the molecule is CC(Cl)OC(=O)N(C)[C@]1(c2ccccc2Cl)CCCCC1=O.CC(OC(=O)c1ccncc1)OC(=O)N(C)[C@]1(c2ccccc2Cl)CCCCC1=O.O=C(O)c1ccncc1. The van der Waals surface area contributed by atoms with E-state index in [1.165, 1.54) is 72.8 Å². The molecule has 324 valence electrons. The molecule has 4 atom stereocenters. The van der Waals surface area contributed by atoms with Crippen LogP contribution < -0.4 is 0 Å². The number of likely N-dealkylation sites (N-methyl/N-ethyl adjacent to an activating group) is 2. The van der Waals surface area contributed by atoms with E-state index < -0.39 is 47.1 Å². The number of amides is 2. The molecule has 0 aliphatic heterocycles. The number of esters is 1. The molecule has 2 aliphatic carbocycles. The maximum Gasteiger partial charge on any atom is 0.413 e. The summed E-state index contributed by atoms with van der Waals surface area (Å²) in [5, 5.41) is 9.23. The quantitative estimate of drug-likeness (QED) is 0.0956. The monoisotopic (exact) mass is 896 g/mol. The number of aromatic nitrogens is 2. The highest BCUT2D eigenvalue weighted by atomic mass is 35.5. The predicted octanol–water partition coefficient (Wildman–Crippen LogP) is 9.46. The zero-order valence-corrected chi connectivity index (χ0v) is 36.4. The average Bonchev–Trinajstić information content (AvgIpc) is 3.25. The number of ether oxygens (including phenoxy) is 3. The lowest BCUT2D eigenvalue weighted by Crippen LogP contribution is -2.54. The smallest absolute Gasteiger partial charge is 0.413 e. The first-order valence-electron chi connectivity index (χ1n) is 19.4. The Bertz CT molecular complexity index is 2160. The van der Waals surface area contributed by atoms with Crippen molar-refractivity contribution in [2.24, 2.45) is 0 Å². The van der Waals surface area contributed by atoms with Crippen LogP contribution in [-0.2, 0) is 34.9 Å². The highest BCUT2D eigenvalue weighted by molar-refractivity contribution is 6.32. The lowest BCUT2D eigenvalue weighted by molar-refractivity contribution is -0.135. The van der Waals surface area contributed by atoms with Gasteiger partial charge in [-0.3, -0.25) is 29.4 Å². The molecular weight excluding hydrogens is 851 g/mol. The molecule has 2 amide bonds. The predicted molar refractivity (Wildman–Crippen MR) is 227 cm³/mol. The number of carboxylic acid groups (broad SMARTS) is 1. The summed E-state index contributed by atoms with van der Waals surface area (Å²) < 4.78 is 15.6. The van der Waals surface area contributed by atoms with Crippen LogP contribution in [0.3, 0.4) is 0 Å². The van der Waals surface area contributed by atoms with Gasteiger partial charge in [-0.15, -0.1) is 0 Å². The van der Waals surface area contributed by atoms with Crippen molar-refractivity contribution in [3.63, 3.8) is 0 Å². The molecule has 1 N–H and O–H groups in total. The van der Waals surface area contributed by atoms with Crippen molar-refractivity contribution in [3.8, 4) is 0 Å². The van der Waals surface area contributed by atoms with E-state index in [-0.39, 0.29) is 22.7 Å². The second kappa shape index (κ2) is 22.3. The molecule has 4 aromatic rings. The van der Waals surface area contributed by atoms with Crippen molar-refractivity contribution >= 4 is 70.5 Å². The Labute approximate surface area is 369 Å². The average molecular weight is 898 g/mol. The summed E-state index contributed by atoms with van der Waals surface area (Å²) in [7, 11) is 3.07. The largest absolute Gasteiger partial charge is 0.478 e. The number of nitrogens with zero attached hydrogens (tertiary/aromatic N) is 4. The first kappa shape index (κ1) is 48.1. The van der Waals surface area contributed by atoms with Gasteiger partial charge in [0.05, 0.1) is 11.1 Å². The molecule has 0 bridgehead atoms. The molecule has 14 nitrogen and oxygen atoms in total. The van der Waals surface area contributed by atoms with E-state index in [2.05, 4.69) is 9.97 Å². The van der Waals surface area contributed by atoms with Crippen LogP contribution in [0.2, 0.25) is 10.0 Å². The number of Topliss-reactive ketones (excluding diaryl/α,β-unsaturated/α-hetero) is 2. The number of carbonyl (C=O) groups is 6. The van der Waals surface area contributed by atoms with Crippen LogP contribution in [0, 0.1) is 0 Å². The third-order valence-corrected chi connectivity index (χ3v) is 11.0. The van der Waals surface area contributed by atoms with Crippen LogP contribution in [0.4, 0.5) is 9.59 Å². The number of carbonyl (C=O) groups excluding carboxylic acids is 5. The van der Waals surface area contributed by atoms with Crippen molar-refractivity contribution in [1.29, 1.82) is 0 Å². The number of alkyl halides is 1. The summed E-state index contributed by atoms with van der Waals surface area (Å²) in [6, 6.07) is 20.0. The second-order valence-corrected chi connectivity index (χ2v) is 15.5. The third-order valence-electron chi connectivity index (χ3n) is 10.3. The fourth-order valence-electron chi connectivity index (χ4n) is 7.24. The number of aromatic carboxylic acids is 1. The minimum Gasteiger partial charge on any atom is -0.478 e. The minimum atomic E-state index is -1.22. The van der Waals surface area contributed by atoms with Crippen LogP contribution in [0.15, 0.2) is 97.6 Å². The summed E-state index contributed by atoms with van der Waals surface area (Å²) in [6.45, 7) is 2.99. The van der Waals surface area contributed by atoms with Gasteiger partial charge < -0.3 is 19.3 Å². The van der Waals surface area contributed by atoms with Gasteiger partial charge in [0.1, 0.15) is 11.1 Å². The maximum atomic E-state index is 13.1. The van der Waals surface area contributed by atoms with Gasteiger partial charge in [0.25, 0.3) is 0 Å². The molecule has 0 radical (unpaired) electrons. The van der Waals surface area contributed by atoms with E-state index in [0.29, 0.717) is 46.9 Å². The lowest BCUT2D eigenvalue weighted by Gasteiger charge is -2.43. The fourth-order valence-corrected chi connectivity index (χ4v) is 7.90. The summed E-state index contributed by atoms with van der Waals surface area (Å²) in [4.78, 5) is 83.5. The number of halogens is 3. The van der Waals surface area contributed by atoms with E-state index in [1.807, 2.05) is 6.07 Å². The summed E-state index contributed by atoms with van der Waals surface area (Å²) >= 11 is 18.4. The van der Waals surface area contributed by atoms with E-state index in [1.54, 1.807) is 56.4 Å². The molecule has 6 rings (SSSR count). The number of ketones is 2. The molecule has 0 saturated heterocycles. The molecule has 2 aromatic carbocycles. The first-order chi connectivity index (χ1) is 29.1. The topological polar surface area (TPSA) is 183 Å². The molecule has 0 spiro atoms. The third kappa shape index (κ3) is 11.8. The number of hydrogen-bond acceptors (Lipinski definition) is 11. The van der Waals surface area contributed by atoms with E-state index in [9.17, 15) is 28.8 Å². The number of rotatable bonds is 9. The first-order valence-corrected chi connectivity index (χ1v) is 20.6. The Morgan fingerprint density at radius 1 is 0.639 bits per heavy atom. The maximum absolute atomic E-state index is 13.1.